The minimum atomic E-state index is -1.39. The number of nitrogens with zero attached hydrogens (tertiary/aromatic N) is 2. The van der Waals surface area contributed by atoms with Crippen molar-refractivity contribution in [3.8, 4) is 0 Å². The van der Waals surface area contributed by atoms with Crippen LogP contribution in [0.15, 0.2) is 60.7 Å². The molecule has 2 amide bonds. The fraction of sp³-hybridized carbons (Fsp3) is 0.533. The molecule has 9 nitrogen and oxygen atoms in total. The molecule has 2 rings (SSSR count). The van der Waals surface area contributed by atoms with Crippen molar-refractivity contribution in [1.29, 1.82) is 0 Å². The quantitative estimate of drug-likeness (QED) is 0.369. The Morgan fingerprint density at radius 1 is 0.692 bits per heavy atom. The lowest BCUT2D eigenvalue weighted by Gasteiger charge is -2.46. The van der Waals surface area contributed by atoms with Gasteiger partial charge in [-0.15, -0.1) is 0 Å². The number of carboxylic acid groups (broad SMARTS) is 2. The Kier molecular flexibility index (Phi) is 11.3. The van der Waals surface area contributed by atoms with E-state index in [0.29, 0.717) is 0 Å². The van der Waals surface area contributed by atoms with Crippen LogP contribution < -0.4 is 15.5 Å². The first-order valence-electron chi connectivity index (χ1n) is 13.3. The Balaban J connectivity index is 2.22. The van der Waals surface area contributed by atoms with E-state index in [4.69, 9.17) is 0 Å². The number of carbonyl (C=O) groups is 2. The van der Waals surface area contributed by atoms with Crippen LogP contribution in [0.4, 0.5) is 9.59 Å². The average molecular weight is 542 g/mol. The summed E-state index contributed by atoms with van der Waals surface area (Å²) in [6.45, 7) is 10.3. The highest BCUT2D eigenvalue weighted by Crippen LogP contribution is 2.24. The highest BCUT2D eigenvalue weighted by Gasteiger charge is 2.36. The molecular formula is C30H43N3O6-2. The second-order valence-electron chi connectivity index (χ2n) is 11.9. The fourth-order valence-corrected chi connectivity index (χ4v) is 4.97. The normalized spacial score (nSPS) is 15.2. The zero-order valence-corrected chi connectivity index (χ0v) is 23.8. The molecule has 0 fully saturated rings. The first-order chi connectivity index (χ1) is 18.1. The van der Waals surface area contributed by atoms with Crippen LogP contribution in [0.1, 0.15) is 52.7 Å². The van der Waals surface area contributed by atoms with Gasteiger partial charge in [-0.3, -0.25) is 0 Å². The summed E-state index contributed by atoms with van der Waals surface area (Å²) in [5.74, 6) is 0. The monoisotopic (exact) mass is 541 g/mol. The number of rotatable bonds is 12. The van der Waals surface area contributed by atoms with Gasteiger partial charge in [0.25, 0.3) is 0 Å². The standard InChI is InChI=1S/C30H45N3O6/c1-29(2,3)32(27(36)37)23(17-21-13-9-7-10-14-21)25(34)19-31-20-26(35)24(18-22-15-11-8-12-16-22)33(28(38)39)30(4,5)6/h7-16,23-26,31,34-35H,17-20H2,1-6H3,(H,36,37)(H,38,39)/p-2/t23-,24-,25-,26-/m0/s1. The molecule has 0 aliphatic carbocycles. The van der Waals surface area contributed by atoms with Gasteiger partial charge >= 0.3 is 0 Å². The summed E-state index contributed by atoms with van der Waals surface area (Å²) in [7, 11) is 0. The van der Waals surface area contributed by atoms with Gasteiger partial charge in [0.1, 0.15) is 12.2 Å². The molecule has 0 aliphatic heterocycles. The maximum absolute atomic E-state index is 12.1. The maximum Gasteiger partial charge on any atom is 0.137 e. The predicted octanol–water partition coefficient (Wildman–Crippen LogP) is 1.41. The zero-order valence-electron chi connectivity index (χ0n) is 23.8. The van der Waals surface area contributed by atoms with E-state index in [2.05, 4.69) is 5.32 Å². The smallest absolute Gasteiger partial charge is 0.137 e. The Bertz CT molecular complexity index is 953. The maximum atomic E-state index is 12.1. The lowest BCUT2D eigenvalue weighted by molar-refractivity contribution is -0.276. The molecule has 2 aromatic carbocycles. The molecule has 0 aromatic heterocycles. The number of amides is 2. The van der Waals surface area contributed by atoms with Gasteiger partial charge in [0.15, 0.2) is 0 Å². The number of hydrogen-bond donors (Lipinski definition) is 3. The van der Waals surface area contributed by atoms with E-state index in [-0.39, 0.29) is 25.9 Å². The van der Waals surface area contributed by atoms with Crippen molar-refractivity contribution in [3.63, 3.8) is 0 Å². The summed E-state index contributed by atoms with van der Waals surface area (Å²) in [5.41, 5.74) is 0.0484. The van der Waals surface area contributed by atoms with Crippen LogP contribution in [0, 0.1) is 0 Å². The second kappa shape index (κ2) is 13.8. The number of hydrogen-bond acceptors (Lipinski definition) is 7. The molecule has 0 unspecified atom stereocenters. The van der Waals surface area contributed by atoms with E-state index in [1.54, 1.807) is 41.5 Å². The lowest BCUT2D eigenvalue weighted by atomic mass is 9.94. The molecule has 0 radical (unpaired) electrons. The highest BCUT2D eigenvalue weighted by atomic mass is 16.4. The van der Waals surface area contributed by atoms with Crippen molar-refractivity contribution in [1.82, 2.24) is 15.1 Å². The molecule has 9 heteroatoms. The molecular weight excluding hydrogens is 498 g/mol. The SMILES string of the molecule is CC(C)(C)N(C(=O)[O-])[C@@H](Cc1ccccc1)[C@@H](O)CNC[C@H](O)[C@H](Cc1ccccc1)N(C(=O)[O-])C(C)(C)C. The number of aliphatic hydroxyl groups is 2. The van der Waals surface area contributed by atoms with Crippen molar-refractivity contribution in [3.05, 3.63) is 71.8 Å². The molecule has 216 valence electrons. The number of carbonyl (C=O) groups excluding carboxylic acids is 2. The van der Waals surface area contributed by atoms with Crippen LogP contribution in [0.25, 0.3) is 0 Å². The lowest BCUT2D eigenvalue weighted by Crippen LogP contribution is -2.63. The van der Waals surface area contributed by atoms with Crippen LogP contribution in [0.2, 0.25) is 0 Å². The zero-order chi connectivity index (χ0) is 29.4. The van der Waals surface area contributed by atoms with Crippen molar-refractivity contribution in [2.45, 2.75) is 89.8 Å². The van der Waals surface area contributed by atoms with Crippen LogP contribution >= 0.6 is 0 Å². The molecule has 2 aromatic rings. The van der Waals surface area contributed by atoms with Crippen molar-refractivity contribution in [2.75, 3.05) is 13.1 Å². The van der Waals surface area contributed by atoms with E-state index >= 15 is 0 Å². The molecule has 0 saturated heterocycles. The van der Waals surface area contributed by atoms with Gasteiger partial charge < -0.3 is 45.1 Å². The Morgan fingerprint density at radius 2 is 1.00 bits per heavy atom. The molecule has 0 saturated carbocycles. The molecule has 0 heterocycles. The summed E-state index contributed by atoms with van der Waals surface area (Å²) in [5, 5.41) is 49.7. The first-order valence-corrected chi connectivity index (χ1v) is 13.3. The second-order valence-corrected chi connectivity index (χ2v) is 11.9. The molecule has 4 atom stereocenters. The predicted molar refractivity (Wildman–Crippen MR) is 147 cm³/mol. The van der Waals surface area contributed by atoms with Gasteiger partial charge in [-0.2, -0.15) is 0 Å². The van der Waals surface area contributed by atoms with E-state index in [1.807, 2.05) is 60.7 Å². The largest absolute Gasteiger partial charge is 0.530 e. The summed E-state index contributed by atoms with van der Waals surface area (Å²) < 4.78 is 0. The van der Waals surface area contributed by atoms with Crippen molar-refractivity contribution < 1.29 is 30.0 Å². The summed E-state index contributed by atoms with van der Waals surface area (Å²) in [6, 6.07) is 16.9. The van der Waals surface area contributed by atoms with Gasteiger partial charge in [-0.05, 0) is 65.5 Å². The Labute approximate surface area is 232 Å². The molecule has 3 N–H and O–H groups in total. The molecule has 0 spiro atoms. The molecule has 0 aliphatic rings. The van der Waals surface area contributed by atoms with Crippen LogP contribution in [0.5, 0.6) is 0 Å². The van der Waals surface area contributed by atoms with E-state index < -0.39 is 47.6 Å². The topological polar surface area (TPSA) is 139 Å². The van der Waals surface area contributed by atoms with Gasteiger partial charge in [0, 0.05) is 24.2 Å². The van der Waals surface area contributed by atoms with Gasteiger partial charge in [-0.1, -0.05) is 60.7 Å². The third-order valence-electron chi connectivity index (χ3n) is 6.67. The number of benzene rings is 2. The number of nitrogens with one attached hydrogen (secondary N) is 1. The molecule has 39 heavy (non-hydrogen) atoms. The van der Waals surface area contributed by atoms with Gasteiger partial charge in [0.05, 0.1) is 24.3 Å². The number of aliphatic hydroxyl groups excluding tert-OH is 2. The molecule has 0 bridgehead atoms. The third kappa shape index (κ3) is 9.53. The Morgan fingerprint density at radius 3 is 1.26 bits per heavy atom. The summed E-state index contributed by atoms with van der Waals surface area (Å²) in [6.07, 6.45) is -4.53. The van der Waals surface area contributed by atoms with Crippen LogP contribution in [-0.2, 0) is 12.8 Å². The van der Waals surface area contributed by atoms with Gasteiger partial charge in [0.2, 0.25) is 0 Å². The van der Waals surface area contributed by atoms with Crippen LogP contribution in [-0.4, -0.2) is 80.7 Å². The van der Waals surface area contributed by atoms with Crippen molar-refractivity contribution in [2.24, 2.45) is 0 Å². The average Bonchev–Trinajstić information content (AvgIpc) is 2.82. The van der Waals surface area contributed by atoms with E-state index in [0.717, 1.165) is 20.9 Å². The third-order valence-corrected chi connectivity index (χ3v) is 6.67. The van der Waals surface area contributed by atoms with Gasteiger partial charge in [-0.25, -0.2) is 0 Å². The van der Waals surface area contributed by atoms with Crippen LogP contribution in [0.3, 0.4) is 0 Å². The van der Waals surface area contributed by atoms with E-state index in [1.165, 1.54) is 0 Å². The Hall–Kier alpha value is -3.14. The minimum Gasteiger partial charge on any atom is -0.530 e. The first kappa shape index (κ1) is 32.1. The van der Waals surface area contributed by atoms with E-state index in [9.17, 15) is 30.0 Å². The summed E-state index contributed by atoms with van der Waals surface area (Å²) in [4.78, 5) is 26.6. The highest BCUT2D eigenvalue weighted by molar-refractivity contribution is 5.65. The minimum absolute atomic E-state index is 0.0344. The fourth-order valence-electron chi connectivity index (χ4n) is 4.97. The van der Waals surface area contributed by atoms with Crippen molar-refractivity contribution >= 4 is 12.2 Å². The summed E-state index contributed by atoms with van der Waals surface area (Å²) >= 11 is 0.